The van der Waals surface area contributed by atoms with Crippen molar-refractivity contribution < 1.29 is 13.2 Å². The molecule has 0 heterocycles. The van der Waals surface area contributed by atoms with E-state index in [1.165, 1.54) is 6.92 Å². The minimum Gasteiger partial charge on any atom is -0.271 e. The summed E-state index contributed by atoms with van der Waals surface area (Å²) in [6.07, 6.45) is 0. The van der Waals surface area contributed by atoms with Gasteiger partial charge in [0.05, 0.1) is 0 Å². The molecule has 0 bridgehead atoms. The molecule has 0 amide bonds. The summed E-state index contributed by atoms with van der Waals surface area (Å²) in [5.74, 6) is 1.88. The maximum Gasteiger partial charge on any atom is 0.166 e. The van der Waals surface area contributed by atoms with Gasteiger partial charge in [0.25, 0.3) is 0 Å². The number of rotatable bonds is 2. The molecule has 0 unspecified atom stereocenters. The predicted octanol–water partition coefficient (Wildman–Crippen LogP) is 1.63. The molecular weight excluding hydrogens is 181 g/mol. The molecule has 0 aliphatic rings. The Morgan fingerprint density at radius 2 is 1.77 bits per heavy atom. The maximum atomic E-state index is 13.0. The monoisotopic (exact) mass is 190 g/mol. The van der Waals surface area contributed by atoms with Crippen molar-refractivity contribution >= 4 is 0 Å². The van der Waals surface area contributed by atoms with E-state index < -0.39 is 23.5 Å². The van der Waals surface area contributed by atoms with Crippen LogP contribution in [0.1, 0.15) is 18.5 Å². The molecule has 2 nitrogen and oxygen atoms in total. The Labute approximate surface area is 73.5 Å². The fourth-order valence-corrected chi connectivity index (χ4v) is 1.02. The summed E-state index contributed by atoms with van der Waals surface area (Å²) in [5.41, 5.74) is 1.76. The third kappa shape index (κ3) is 1.81. The lowest BCUT2D eigenvalue weighted by molar-refractivity contribution is 0.451. The van der Waals surface area contributed by atoms with Crippen LogP contribution in [0.2, 0.25) is 0 Å². The van der Waals surface area contributed by atoms with Gasteiger partial charge in [0, 0.05) is 11.6 Å². The number of nitrogens with one attached hydrogen (secondary N) is 1. The highest BCUT2D eigenvalue weighted by molar-refractivity contribution is 5.23. The van der Waals surface area contributed by atoms with E-state index in [0.717, 1.165) is 12.1 Å². The topological polar surface area (TPSA) is 38.0 Å². The van der Waals surface area contributed by atoms with Crippen molar-refractivity contribution in [2.45, 2.75) is 13.0 Å². The molecule has 0 aromatic heterocycles. The van der Waals surface area contributed by atoms with Crippen molar-refractivity contribution in [3.05, 3.63) is 35.1 Å². The van der Waals surface area contributed by atoms with Gasteiger partial charge in [-0.2, -0.15) is 0 Å². The fourth-order valence-electron chi connectivity index (χ4n) is 1.02. The first-order valence-electron chi connectivity index (χ1n) is 3.67. The van der Waals surface area contributed by atoms with Crippen molar-refractivity contribution in [2.24, 2.45) is 5.84 Å². The van der Waals surface area contributed by atoms with Crippen LogP contribution in [0.5, 0.6) is 0 Å². The van der Waals surface area contributed by atoms with E-state index >= 15 is 0 Å². The molecule has 0 saturated heterocycles. The van der Waals surface area contributed by atoms with Crippen LogP contribution in [-0.4, -0.2) is 0 Å². The molecule has 0 aliphatic heterocycles. The Balaban J connectivity index is 3.25. The van der Waals surface area contributed by atoms with E-state index in [-0.39, 0.29) is 5.56 Å². The van der Waals surface area contributed by atoms with E-state index in [9.17, 15) is 13.2 Å². The number of hydrogen-bond donors (Lipinski definition) is 2. The van der Waals surface area contributed by atoms with Gasteiger partial charge in [-0.05, 0) is 19.1 Å². The van der Waals surface area contributed by atoms with Crippen molar-refractivity contribution in [3.63, 3.8) is 0 Å². The lowest BCUT2D eigenvalue weighted by Crippen LogP contribution is -2.27. The Hall–Kier alpha value is -1.07. The summed E-state index contributed by atoms with van der Waals surface area (Å²) >= 11 is 0. The Morgan fingerprint density at radius 3 is 2.31 bits per heavy atom. The third-order valence-electron chi connectivity index (χ3n) is 1.76. The molecule has 0 saturated carbocycles. The molecule has 1 rings (SSSR count). The smallest absolute Gasteiger partial charge is 0.166 e. The van der Waals surface area contributed by atoms with E-state index in [1.807, 2.05) is 0 Å². The maximum absolute atomic E-state index is 13.0. The standard InChI is InChI=1S/C8H9F3N2/c1-4(13-12)7-5(9)2-3-6(10)8(7)11/h2-4,13H,12H2,1H3/t4-/m0/s1. The second-order valence-corrected chi connectivity index (χ2v) is 2.65. The summed E-state index contributed by atoms with van der Waals surface area (Å²) in [5, 5.41) is 0. The van der Waals surface area contributed by atoms with Crippen molar-refractivity contribution in [2.75, 3.05) is 0 Å². The van der Waals surface area contributed by atoms with Crippen molar-refractivity contribution in [3.8, 4) is 0 Å². The molecule has 0 radical (unpaired) electrons. The van der Waals surface area contributed by atoms with Crippen LogP contribution in [0.25, 0.3) is 0 Å². The molecule has 1 aromatic carbocycles. The molecule has 0 fully saturated rings. The summed E-state index contributed by atoms with van der Waals surface area (Å²) in [6.45, 7) is 1.43. The first-order valence-corrected chi connectivity index (χ1v) is 3.67. The lowest BCUT2D eigenvalue weighted by Gasteiger charge is -2.12. The first kappa shape index (κ1) is 10.0. The van der Waals surface area contributed by atoms with Crippen LogP contribution < -0.4 is 11.3 Å². The predicted molar refractivity (Wildman–Crippen MR) is 42.1 cm³/mol. The van der Waals surface area contributed by atoms with E-state index in [0.29, 0.717) is 0 Å². The van der Waals surface area contributed by atoms with Crippen molar-refractivity contribution in [1.29, 1.82) is 0 Å². The SMILES string of the molecule is C[C@H](NN)c1c(F)ccc(F)c1F. The summed E-state index contributed by atoms with van der Waals surface area (Å²) < 4.78 is 38.6. The average Bonchev–Trinajstić information content (AvgIpc) is 2.12. The average molecular weight is 190 g/mol. The summed E-state index contributed by atoms with van der Waals surface area (Å²) in [6, 6.07) is 0.828. The molecule has 3 N–H and O–H groups in total. The molecule has 1 atom stereocenters. The normalized spacial score (nSPS) is 13.0. The third-order valence-corrected chi connectivity index (χ3v) is 1.76. The minimum absolute atomic E-state index is 0.387. The quantitative estimate of drug-likeness (QED) is 0.422. The van der Waals surface area contributed by atoms with Gasteiger partial charge in [0.1, 0.15) is 5.82 Å². The highest BCUT2D eigenvalue weighted by Gasteiger charge is 2.18. The van der Waals surface area contributed by atoms with Crippen molar-refractivity contribution in [1.82, 2.24) is 5.43 Å². The van der Waals surface area contributed by atoms with Gasteiger partial charge in [0.15, 0.2) is 11.6 Å². The van der Waals surface area contributed by atoms with Gasteiger partial charge in [-0.25, -0.2) is 13.2 Å². The molecule has 1 aromatic rings. The molecule has 72 valence electrons. The molecule has 13 heavy (non-hydrogen) atoms. The van der Waals surface area contributed by atoms with Crippen LogP contribution in [0, 0.1) is 17.5 Å². The van der Waals surface area contributed by atoms with Gasteiger partial charge in [0.2, 0.25) is 0 Å². The molecule has 0 aliphatic carbocycles. The zero-order valence-electron chi connectivity index (χ0n) is 6.94. The largest absolute Gasteiger partial charge is 0.271 e. The first-order chi connectivity index (χ1) is 6.07. The van der Waals surface area contributed by atoms with Gasteiger partial charge in [-0.3, -0.25) is 11.3 Å². The Bertz CT molecular complexity index is 315. The molecule has 5 heteroatoms. The Kier molecular flexibility index (Phi) is 2.90. The second-order valence-electron chi connectivity index (χ2n) is 2.65. The number of nitrogens with two attached hydrogens (primary N) is 1. The molecule has 0 spiro atoms. The van der Waals surface area contributed by atoms with Crippen LogP contribution in [-0.2, 0) is 0 Å². The summed E-state index contributed by atoms with van der Waals surface area (Å²) in [4.78, 5) is 0. The van der Waals surface area contributed by atoms with Crippen LogP contribution in [0.4, 0.5) is 13.2 Å². The number of hydrazine groups is 1. The van der Waals surface area contributed by atoms with E-state index in [2.05, 4.69) is 5.43 Å². The summed E-state index contributed by atoms with van der Waals surface area (Å²) in [7, 11) is 0. The van der Waals surface area contributed by atoms with Crippen LogP contribution in [0.15, 0.2) is 12.1 Å². The van der Waals surface area contributed by atoms with Gasteiger partial charge < -0.3 is 0 Å². The minimum atomic E-state index is -1.20. The highest BCUT2D eigenvalue weighted by atomic mass is 19.2. The zero-order valence-corrected chi connectivity index (χ0v) is 6.94. The molecular formula is C8H9F3N2. The zero-order chi connectivity index (χ0) is 10.0. The number of halogens is 3. The van der Waals surface area contributed by atoms with Gasteiger partial charge >= 0.3 is 0 Å². The van der Waals surface area contributed by atoms with Crippen LogP contribution in [0.3, 0.4) is 0 Å². The second kappa shape index (κ2) is 3.76. The Morgan fingerprint density at radius 1 is 1.23 bits per heavy atom. The van der Waals surface area contributed by atoms with E-state index in [4.69, 9.17) is 5.84 Å². The lowest BCUT2D eigenvalue weighted by atomic mass is 10.1. The van der Waals surface area contributed by atoms with E-state index in [1.54, 1.807) is 0 Å². The highest BCUT2D eigenvalue weighted by Crippen LogP contribution is 2.21. The fraction of sp³-hybridized carbons (Fsp3) is 0.250. The number of benzene rings is 1. The van der Waals surface area contributed by atoms with Gasteiger partial charge in [-0.1, -0.05) is 0 Å². The number of hydrogen-bond acceptors (Lipinski definition) is 2. The van der Waals surface area contributed by atoms with Crippen LogP contribution >= 0.6 is 0 Å². The van der Waals surface area contributed by atoms with Gasteiger partial charge in [-0.15, -0.1) is 0 Å².